The highest BCUT2D eigenvalue weighted by Gasteiger charge is 2.39. The molecule has 1 aliphatic heterocycles. The van der Waals surface area contributed by atoms with Crippen LogP contribution in [0.5, 0.6) is 0 Å². The number of hydrogen-bond acceptors (Lipinski definition) is 4. The number of aliphatic hydroxyl groups is 2. The molecule has 18 heavy (non-hydrogen) atoms. The van der Waals surface area contributed by atoms with Crippen LogP contribution in [0, 0.1) is 5.92 Å². The van der Waals surface area contributed by atoms with Gasteiger partial charge in [-0.3, -0.25) is 9.69 Å². The van der Waals surface area contributed by atoms with Crippen molar-refractivity contribution in [1.82, 2.24) is 4.90 Å². The van der Waals surface area contributed by atoms with Gasteiger partial charge in [0.05, 0.1) is 12.2 Å². The highest BCUT2D eigenvalue weighted by Crippen LogP contribution is 2.20. The number of aliphatic carboxylic acids is 1. The SMILES string of the molecule is O=C(O)C1[C@H](O)CN(Cc2ccccc2)C[C@@H]1O. The highest BCUT2D eigenvalue weighted by atomic mass is 16.4. The maximum atomic E-state index is 10.9. The second kappa shape index (κ2) is 5.48. The normalized spacial score (nSPS) is 29.1. The fourth-order valence-electron chi connectivity index (χ4n) is 2.39. The number of benzene rings is 1. The molecule has 1 saturated heterocycles. The second-order valence-corrected chi connectivity index (χ2v) is 4.68. The average molecular weight is 251 g/mol. The number of carbonyl (C=O) groups is 1. The van der Waals surface area contributed by atoms with Gasteiger partial charge in [0.1, 0.15) is 5.92 Å². The van der Waals surface area contributed by atoms with Crippen molar-refractivity contribution in [3.63, 3.8) is 0 Å². The first-order chi connectivity index (χ1) is 8.58. The van der Waals surface area contributed by atoms with E-state index in [1.165, 1.54) is 0 Å². The summed E-state index contributed by atoms with van der Waals surface area (Å²) in [4.78, 5) is 12.8. The molecule has 0 aliphatic carbocycles. The zero-order valence-electron chi connectivity index (χ0n) is 9.94. The number of nitrogens with zero attached hydrogens (tertiary/aromatic N) is 1. The van der Waals surface area contributed by atoms with Crippen molar-refractivity contribution in [1.29, 1.82) is 0 Å². The molecule has 98 valence electrons. The number of rotatable bonds is 3. The number of aliphatic hydroxyl groups excluding tert-OH is 2. The molecule has 1 aromatic rings. The molecule has 0 spiro atoms. The Hall–Kier alpha value is -1.43. The largest absolute Gasteiger partial charge is 0.481 e. The van der Waals surface area contributed by atoms with Crippen LogP contribution >= 0.6 is 0 Å². The number of likely N-dealkylation sites (tertiary alicyclic amines) is 1. The van der Waals surface area contributed by atoms with Gasteiger partial charge in [0, 0.05) is 19.6 Å². The molecular weight excluding hydrogens is 234 g/mol. The van der Waals surface area contributed by atoms with Crippen molar-refractivity contribution < 1.29 is 20.1 Å². The molecular formula is C13H17NO4. The highest BCUT2D eigenvalue weighted by molar-refractivity contribution is 5.71. The molecule has 1 heterocycles. The van der Waals surface area contributed by atoms with Gasteiger partial charge in [-0.2, -0.15) is 0 Å². The van der Waals surface area contributed by atoms with Gasteiger partial charge in [0.15, 0.2) is 0 Å². The third kappa shape index (κ3) is 2.87. The lowest BCUT2D eigenvalue weighted by atomic mass is 9.91. The summed E-state index contributed by atoms with van der Waals surface area (Å²) in [5, 5.41) is 28.5. The fourth-order valence-corrected chi connectivity index (χ4v) is 2.39. The quantitative estimate of drug-likeness (QED) is 0.700. The Morgan fingerprint density at radius 2 is 1.72 bits per heavy atom. The molecule has 5 nitrogen and oxygen atoms in total. The van der Waals surface area contributed by atoms with E-state index in [2.05, 4.69) is 0 Å². The molecule has 1 aromatic carbocycles. The second-order valence-electron chi connectivity index (χ2n) is 4.68. The minimum Gasteiger partial charge on any atom is -0.481 e. The van der Waals surface area contributed by atoms with E-state index in [4.69, 9.17) is 5.11 Å². The van der Waals surface area contributed by atoms with Gasteiger partial charge in [-0.1, -0.05) is 30.3 Å². The van der Waals surface area contributed by atoms with Gasteiger partial charge in [-0.05, 0) is 5.56 Å². The van der Waals surface area contributed by atoms with Crippen molar-refractivity contribution in [3.8, 4) is 0 Å². The first-order valence-corrected chi connectivity index (χ1v) is 5.93. The van der Waals surface area contributed by atoms with Crippen LogP contribution in [0.15, 0.2) is 30.3 Å². The summed E-state index contributed by atoms with van der Waals surface area (Å²) < 4.78 is 0. The molecule has 1 fully saturated rings. The summed E-state index contributed by atoms with van der Waals surface area (Å²) in [6.45, 7) is 1.13. The monoisotopic (exact) mass is 251 g/mol. The van der Waals surface area contributed by atoms with Crippen LogP contribution in [0.25, 0.3) is 0 Å². The van der Waals surface area contributed by atoms with Gasteiger partial charge < -0.3 is 15.3 Å². The zero-order chi connectivity index (χ0) is 13.1. The van der Waals surface area contributed by atoms with Crippen LogP contribution in [-0.2, 0) is 11.3 Å². The number of carboxylic acid groups (broad SMARTS) is 1. The predicted octanol–water partition coefficient (Wildman–Crippen LogP) is -0.0752. The molecule has 1 aliphatic rings. The van der Waals surface area contributed by atoms with Crippen LogP contribution in [0.1, 0.15) is 5.56 Å². The van der Waals surface area contributed by atoms with Gasteiger partial charge >= 0.3 is 5.97 Å². The smallest absolute Gasteiger partial charge is 0.311 e. The van der Waals surface area contributed by atoms with Gasteiger partial charge in [-0.15, -0.1) is 0 Å². The van der Waals surface area contributed by atoms with Crippen molar-refractivity contribution in [2.45, 2.75) is 18.8 Å². The Kier molecular flexibility index (Phi) is 3.96. The summed E-state index contributed by atoms with van der Waals surface area (Å²) in [7, 11) is 0. The average Bonchev–Trinajstić information content (AvgIpc) is 2.28. The Morgan fingerprint density at radius 3 is 2.22 bits per heavy atom. The molecule has 0 radical (unpaired) electrons. The lowest BCUT2D eigenvalue weighted by Crippen LogP contribution is -2.54. The maximum Gasteiger partial charge on any atom is 0.311 e. The first kappa shape index (κ1) is 13.0. The fraction of sp³-hybridized carbons (Fsp3) is 0.462. The van der Waals surface area contributed by atoms with Crippen LogP contribution in [0.4, 0.5) is 0 Å². The lowest BCUT2D eigenvalue weighted by Gasteiger charge is -2.37. The molecule has 5 heteroatoms. The van der Waals surface area contributed by atoms with Crippen LogP contribution in [0.2, 0.25) is 0 Å². The summed E-state index contributed by atoms with van der Waals surface area (Å²) >= 11 is 0. The summed E-state index contributed by atoms with van der Waals surface area (Å²) in [6.07, 6.45) is -2.06. The Labute approximate surface area is 105 Å². The van der Waals surface area contributed by atoms with E-state index in [1.807, 2.05) is 35.2 Å². The van der Waals surface area contributed by atoms with Crippen LogP contribution in [-0.4, -0.2) is 51.5 Å². The number of carboxylic acids is 1. The van der Waals surface area contributed by atoms with Crippen molar-refractivity contribution in [3.05, 3.63) is 35.9 Å². The standard InChI is InChI=1S/C13H17NO4/c15-10-7-14(6-9-4-2-1-3-5-9)8-11(16)12(10)13(17)18/h1-5,10-12,15-16H,6-8H2,(H,17,18)/t10-,11+,12?. The topological polar surface area (TPSA) is 81.0 Å². The molecule has 0 saturated carbocycles. The summed E-state index contributed by atoms with van der Waals surface area (Å²) in [5.41, 5.74) is 1.07. The zero-order valence-corrected chi connectivity index (χ0v) is 9.94. The molecule has 0 aromatic heterocycles. The van der Waals surface area contributed by atoms with Crippen molar-refractivity contribution in [2.75, 3.05) is 13.1 Å². The molecule has 0 bridgehead atoms. The third-order valence-corrected chi connectivity index (χ3v) is 3.25. The molecule has 2 rings (SSSR count). The van der Waals surface area contributed by atoms with E-state index in [9.17, 15) is 15.0 Å². The van der Waals surface area contributed by atoms with Crippen LogP contribution in [0.3, 0.4) is 0 Å². The molecule has 0 amide bonds. The van der Waals surface area contributed by atoms with Gasteiger partial charge in [0.25, 0.3) is 0 Å². The minimum absolute atomic E-state index is 0.267. The van der Waals surface area contributed by atoms with Crippen molar-refractivity contribution >= 4 is 5.97 Å². The van der Waals surface area contributed by atoms with E-state index >= 15 is 0 Å². The van der Waals surface area contributed by atoms with Gasteiger partial charge in [0.2, 0.25) is 0 Å². The van der Waals surface area contributed by atoms with E-state index in [0.29, 0.717) is 6.54 Å². The third-order valence-electron chi connectivity index (χ3n) is 3.25. The molecule has 3 N–H and O–H groups in total. The molecule has 3 atom stereocenters. The van der Waals surface area contributed by atoms with Crippen LogP contribution < -0.4 is 0 Å². The predicted molar refractivity (Wildman–Crippen MR) is 64.9 cm³/mol. The number of hydrogen-bond donors (Lipinski definition) is 3. The summed E-state index contributed by atoms with van der Waals surface area (Å²) in [6, 6.07) is 9.69. The van der Waals surface area contributed by atoms with E-state index in [0.717, 1.165) is 5.56 Å². The summed E-state index contributed by atoms with van der Waals surface area (Å²) in [5.74, 6) is -2.23. The number of β-amino-alcohol motifs (C(OH)–C–C–N with tert-alkyl or cyclic N) is 2. The first-order valence-electron chi connectivity index (χ1n) is 5.93. The Balaban J connectivity index is 2.00. The lowest BCUT2D eigenvalue weighted by molar-refractivity contribution is -0.157. The Bertz CT molecular complexity index is 397. The maximum absolute atomic E-state index is 10.9. The van der Waals surface area contributed by atoms with E-state index < -0.39 is 24.1 Å². The van der Waals surface area contributed by atoms with E-state index in [-0.39, 0.29) is 13.1 Å². The van der Waals surface area contributed by atoms with Crippen molar-refractivity contribution in [2.24, 2.45) is 5.92 Å². The van der Waals surface area contributed by atoms with E-state index in [1.54, 1.807) is 0 Å². The molecule has 1 unspecified atom stereocenters. The number of piperidine rings is 1. The Morgan fingerprint density at radius 1 is 1.17 bits per heavy atom. The van der Waals surface area contributed by atoms with Gasteiger partial charge in [-0.25, -0.2) is 0 Å². The minimum atomic E-state index is -1.14.